The van der Waals surface area contributed by atoms with Gasteiger partial charge in [-0.15, -0.1) is 0 Å². The highest BCUT2D eigenvalue weighted by molar-refractivity contribution is 6.08. The molecule has 29 heavy (non-hydrogen) atoms. The second kappa shape index (κ2) is 9.03. The molecule has 0 fully saturated rings. The number of anilines is 1. The highest BCUT2D eigenvalue weighted by atomic mass is 16.5. The summed E-state index contributed by atoms with van der Waals surface area (Å²) in [7, 11) is 1.96. The molecular weight excluding hydrogens is 362 g/mol. The fraction of sp³-hybridized carbons (Fsp3) is 0.304. The largest absolute Gasteiger partial charge is 0.360 e. The average Bonchev–Trinajstić information content (AvgIpc) is 3.06. The van der Waals surface area contributed by atoms with Crippen LogP contribution in [0.1, 0.15) is 5.56 Å². The number of para-hydroxylation sites is 1. The SMILES string of the molecule is Cc1ccc2c(c1)c1ccccc1n2CCNCCOCN(C)c1ccncn1. The molecule has 0 saturated carbocycles. The first-order chi connectivity index (χ1) is 14.2. The summed E-state index contributed by atoms with van der Waals surface area (Å²) >= 11 is 0. The van der Waals surface area contributed by atoms with E-state index in [1.165, 1.54) is 27.4 Å². The van der Waals surface area contributed by atoms with Gasteiger partial charge in [-0.1, -0.05) is 29.8 Å². The third-order valence-corrected chi connectivity index (χ3v) is 5.11. The average molecular weight is 390 g/mol. The van der Waals surface area contributed by atoms with E-state index in [0.29, 0.717) is 13.3 Å². The van der Waals surface area contributed by atoms with E-state index in [0.717, 1.165) is 25.5 Å². The van der Waals surface area contributed by atoms with Crippen LogP contribution in [-0.2, 0) is 11.3 Å². The normalized spacial score (nSPS) is 11.4. The molecule has 0 saturated heterocycles. The van der Waals surface area contributed by atoms with Crippen LogP contribution in [0.4, 0.5) is 5.82 Å². The van der Waals surface area contributed by atoms with Crippen molar-refractivity contribution in [2.24, 2.45) is 0 Å². The van der Waals surface area contributed by atoms with E-state index in [1.807, 2.05) is 18.0 Å². The van der Waals surface area contributed by atoms with Crippen LogP contribution < -0.4 is 10.2 Å². The highest BCUT2D eigenvalue weighted by Crippen LogP contribution is 2.29. The third kappa shape index (κ3) is 4.39. The van der Waals surface area contributed by atoms with Crippen molar-refractivity contribution >= 4 is 27.6 Å². The molecule has 0 unspecified atom stereocenters. The molecule has 0 bridgehead atoms. The predicted octanol–water partition coefficient (Wildman–Crippen LogP) is 3.59. The van der Waals surface area contributed by atoms with Gasteiger partial charge in [0.05, 0.1) is 6.61 Å². The lowest BCUT2D eigenvalue weighted by molar-refractivity contribution is 0.138. The number of nitrogens with one attached hydrogen (secondary N) is 1. The number of aryl methyl sites for hydroxylation is 1. The Hall–Kier alpha value is -2.96. The molecule has 2 aromatic carbocycles. The lowest BCUT2D eigenvalue weighted by Crippen LogP contribution is -2.27. The van der Waals surface area contributed by atoms with Crippen LogP contribution in [0, 0.1) is 6.92 Å². The van der Waals surface area contributed by atoms with Crippen LogP contribution >= 0.6 is 0 Å². The number of aromatic nitrogens is 3. The first-order valence-corrected chi connectivity index (χ1v) is 9.97. The zero-order valence-electron chi connectivity index (χ0n) is 17.0. The van der Waals surface area contributed by atoms with Crippen molar-refractivity contribution in [3.05, 3.63) is 66.6 Å². The van der Waals surface area contributed by atoms with Gasteiger partial charge in [0.25, 0.3) is 0 Å². The molecule has 6 heteroatoms. The third-order valence-electron chi connectivity index (χ3n) is 5.11. The number of rotatable bonds is 9. The van der Waals surface area contributed by atoms with Gasteiger partial charge < -0.3 is 19.5 Å². The van der Waals surface area contributed by atoms with Gasteiger partial charge in [-0.3, -0.25) is 0 Å². The molecule has 4 rings (SSSR count). The van der Waals surface area contributed by atoms with Gasteiger partial charge in [0.1, 0.15) is 18.9 Å². The van der Waals surface area contributed by atoms with Gasteiger partial charge in [0, 0.05) is 54.7 Å². The summed E-state index contributed by atoms with van der Waals surface area (Å²) in [4.78, 5) is 10.1. The molecule has 2 heterocycles. The van der Waals surface area contributed by atoms with E-state index in [4.69, 9.17) is 4.74 Å². The summed E-state index contributed by atoms with van der Waals surface area (Å²) in [6, 6.07) is 17.2. The van der Waals surface area contributed by atoms with E-state index < -0.39 is 0 Å². The predicted molar refractivity (Wildman–Crippen MR) is 118 cm³/mol. The molecule has 1 N–H and O–H groups in total. The van der Waals surface area contributed by atoms with Crippen molar-refractivity contribution in [1.82, 2.24) is 19.9 Å². The van der Waals surface area contributed by atoms with E-state index in [-0.39, 0.29) is 0 Å². The van der Waals surface area contributed by atoms with Crippen LogP contribution in [0.2, 0.25) is 0 Å². The quantitative estimate of drug-likeness (QED) is 0.350. The highest BCUT2D eigenvalue weighted by Gasteiger charge is 2.09. The Balaban J connectivity index is 1.28. The summed E-state index contributed by atoms with van der Waals surface area (Å²) in [5, 5.41) is 6.14. The van der Waals surface area contributed by atoms with Crippen LogP contribution in [0.3, 0.4) is 0 Å². The van der Waals surface area contributed by atoms with Gasteiger partial charge in [-0.2, -0.15) is 0 Å². The lowest BCUT2D eigenvalue weighted by atomic mass is 10.1. The Labute approximate surface area is 171 Å². The molecule has 0 amide bonds. The van der Waals surface area contributed by atoms with Crippen LogP contribution in [0.5, 0.6) is 0 Å². The minimum atomic E-state index is 0.505. The Kier molecular flexibility index (Phi) is 6.03. The van der Waals surface area contributed by atoms with E-state index >= 15 is 0 Å². The minimum absolute atomic E-state index is 0.505. The van der Waals surface area contributed by atoms with Crippen LogP contribution in [0.15, 0.2) is 61.1 Å². The van der Waals surface area contributed by atoms with E-state index in [1.54, 1.807) is 12.5 Å². The van der Waals surface area contributed by atoms with Crippen molar-refractivity contribution in [1.29, 1.82) is 0 Å². The number of ether oxygens (including phenoxy) is 1. The Bertz CT molecular complexity index is 1080. The molecule has 0 aliphatic carbocycles. The first-order valence-electron chi connectivity index (χ1n) is 9.97. The Morgan fingerprint density at radius 3 is 2.76 bits per heavy atom. The number of hydrogen-bond donors (Lipinski definition) is 1. The first kappa shape index (κ1) is 19.4. The minimum Gasteiger partial charge on any atom is -0.360 e. The van der Waals surface area contributed by atoms with Gasteiger partial charge in [-0.05, 0) is 31.2 Å². The zero-order valence-corrected chi connectivity index (χ0v) is 17.0. The second-order valence-corrected chi connectivity index (χ2v) is 7.24. The molecule has 0 spiro atoms. The van der Waals surface area contributed by atoms with Crippen LogP contribution in [-0.4, -0.2) is 48.0 Å². The number of hydrogen-bond acceptors (Lipinski definition) is 5. The molecule has 4 aromatic rings. The van der Waals surface area contributed by atoms with Crippen molar-refractivity contribution < 1.29 is 4.74 Å². The summed E-state index contributed by atoms with van der Waals surface area (Å²) in [6.45, 7) is 5.94. The molecule has 6 nitrogen and oxygen atoms in total. The molecule has 2 aromatic heterocycles. The van der Waals surface area contributed by atoms with Gasteiger partial charge in [-0.25, -0.2) is 9.97 Å². The lowest BCUT2D eigenvalue weighted by Gasteiger charge is -2.17. The molecule has 0 radical (unpaired) electrons. The number of fused-ring (bicyclic) bond motifs is 3. The fourth-order valence-electron chi connectivity index (χ4n) is 3.65. The zero-order chi connectivity index (χ0) is 20.1. The monoisotopic (exact) mass is 389 g/mol. The van der Waals surface area contributed by atoms with Crippen molar-refractivity contribution in [2.75, 3.05) is 38.4 Å². The topological polar surface area (TPSA) is 55.2 Å². The van der Waals surface area contributed by atoms with Gasteiger partial charge in [0.2, 0.25) is 0 Å². The van der Waals surface area contributed by atoms with Crippen LogP contribution in [0.25, 0.3) is 21.8 Å². The number of benzene rings is 2. The fourth-order valence-corrected chi connectivity index (χ4v) is 3.65. The number of nitrogens with zero attached hydrogens (tertiary/aromatic N) is 4. The molecule has 0 atom stereocenters. The van der Waals surface area contributed by atoms with Crippen molar-refractivity contribution in [2.45, 2.75) is 13.5 Å². The van der Waals surface area contributed by atoms with Gasteiger partial charge in [0.15, 0.2) is 0 Å². The summed E-state index contributed by atoms with van der Waals surface area (Å²) in [5.41, 5.74) is 3.88. The van der Waals surface area contributed by atoms with Crippen molar-refractivity contribution in [3.63, 3.8) is 0 Å². The van der Waals surface area contributed by atoms with Crippen molar-refractivity contribution in [3.8, 4) is 0 Å². The Morgan fingerprint density at radius 2 is 1.90 bits per heavy atom. The second-order valence-electron chi connectivity index (χ2n) is 7.24. The molecule has 0 aliphatic rings. The van der Waals surface area contributed by atoms with Gasteiger partial charge >= 0.3 is 0 Å². The summed E-state index contributed by atoms with van der Waals surface area (Å²) < 4.78 is 8.14. The maximum Gasteiger partial charge on any atom is 0.133 e. The molecular formula is C23H27N5O. The summed E-state index contributed by atoms with van der Waals surface area (Å²) in [6.07, 6.45) is 3.28. The summed E-state index contributed by atoms with van der Waals surface area (Å²) in [5.74, 6) is 0.856. The van der Waals surface area contributed by atoms with E-state index in [2.05, 4.69) is 69.2 Å². The standard InChI is InChI=1S/C23H27N5O/c1-18-7-8-22-20(15-18)19-5-3-4-6-21(19)28(22)13-11-24-12-14-29-17-27(2)23-9-10-25-16-26-23/h3-10,15-16,24H,11-14,17H2,1-2H3. The molecule has 150 valence electrons. The smallest absolute Gasteiger partial charge is 0.133 e. The Morgan fingerprint density at radius 1 is 1.03 bits per heavy atom. The maximum absolute atomic E-state index is 5.74. The van der Waals surface area contributed by atoms with E-state index in [9.17, 15) is 0 Å². The molecule has 0 aliphatic heterocycles. The maximum atomic E-state index is 5.74.